The number of halogens is 1. The molecule has 1 unspecified atom stereocenters. The van der Waals surface area contributed by atoms with E-state index in [2.05, 4.69) is 15.9 Å². The summed E-state index contributed by atoms with van der Waals surface area (Å²) >= 11 is 3.34. The Morgan fingerprint density at radius 1 is 1.21 bits per heavy atom. The lowest BCUT2D eigenvalue weighted by Crippen LogP contribution is -2.41. The number of sulfonamides is 1. The van der Waals surface area contributed by atoms with Crippen molar-refractivity contribution in [3.8, 4) is 5.75 Å². The fourth-order valence-electron chi connectivity index (χ4n) is 3.28. The van der Waals surface area contributed by atoms with Crippen molar-refractivity contribution in [2.75, 3.05) is 13.7 Å². The lowest BCUT2D eigenvalue weighted by Gasteiger charge is -2.33. The number of carbonyl (C=O) groups excluding carboxylic acids is 1. The number of nitrogens with zero attached hydrogens (tertiary/aromatic N) is 1. The number of hydrogen-bond acceptors (Lipinski definition) is 5. The van der Waals surface area contributed by atoms with Gasteiger partial charge in [-0.3, -0.25) is 4.79 Å². The zero-order valence-electron chi connectivity index (χ0n) is 15.9. The maximum atomic E-state index is 13.5. The Morgan fingerprint density at radius 3 is 2.61 bits per heavy atom. The van der Waals surface area contributed by atoms with Crippen molar-refractivity contribution in [2.45, 2.75) is 37.3 Å². The number of esters is 1. The predicted octanol–water partition coefficient (Wildman–Crippen LogP) is 3.70. The van der Waals surface area contributed by atoms with Gasteiger partial charge in [0.05, 0.1) is 19.1 Å². The van der Waals surface area contributed by atoms with E-state index in [1.165, 1.54) is 17.5 Å². The summed E-state index contributed by atoms with van der Waals surface area (Å²) in [6, 6.07) is 12.2. The van der Waals surface area contributed by atoms with Gasteiger partial charge in [-0.05, 0) is 43.2 Å². The molecule has 2 aromatic carbocycles. The Kier molecular flexibility index (Phi) is 6.12. The van der Waals surface area contributed by atoms with Crippen LogP contribution >= 0.6 is 15.9 Å². The number of ether oxygens (including phenoxy) is 2. The smallest absolute Gasteiger partial charge is 0.314 e. The largest absolute Gasteiger partial charge is 0.490 e. The molecule has 0 N–H and O–H groups in total. The second-order valence-corrected chi connectivity index (χ2v) is 9.65. The first-order chi connectivity index (χ1) is 13.2. The number of fused-ring (bicyclic) bond motifs is 1. The summed E-state index contributed by atoms with van der Waals surface area (Å²) in [6.45, 7) is 3.87. The second kappa shape index (κ2) is 8.23. The van der Waals surface area contributed by atoms with Crippen molar-refractivity contribution in [3.63, 3.8) is 0 Å². The SMILES string of the molecule is COC(=O)C1CN(S(=O)(=O)c2cc(Br)ccc2OC(C)C)Cc2ccccc21. The lowest BCUT2D eigenvalue weighted by atomic mass is 9.91. The van der Waals surface area contributed by atoms with Gasteiger partial charge in [0.15, 0.2) is 0 Å². The van der Waals surface area contributed by atoms with Crippen LogP contribution in [0.2, 0.25) is 0 Å². The van der Waals surface area contributed by atoms with Crippen LogP contribution in [0.25, 0.3) is 0 Å². The van der Waals surface area contributed by atoms with E-state index < -0.39 is 21.9 Å². The quantitative estimate of drug-likeness (QED) is 0.626. The van der Waals surface area contributed by atoms with Crippen LogP contribution in [0.1, 0.15) is 30.9 Å². The molecule has 3 rings (SSSR count). The lowest BCUT2D eigenvalue weighted by molar-refractivity contribution is -0.142. The second-order valence-electron chi connectivity index (χ2n) is 6.83. The number of methoxy groups -OCH3 is 1. The summed E-state index contributed by atoms with van der Waals surface area (Å²) in [6.07, 6.45) is -0.181. The standard InChI is InChI=1S/C20H22BrNO5S/c1-13(2)27-18-9-8-15(21)10-19(18)28(24,25)22-11-14-6-4-5-7-16(14)17(12-22)20(23)26-3/h4-10,13,17H,11-12H2,1-3H3. The first kappa shape index (κ1) is 20.8. The molecule has 6 nitrogen and oxygen atoms in total. The van der Waals surface area contributed by atoms with Gasteiger partial charge in [-0.1, -0.05) is 40.2 Å². The Hall–Kier alpha value is -1.90. The molecule has 8 heteroatoms. The van der Waals surface area contributed by atoms with Crippen molar-refractivity contribution in [2.24, 2.45) is 0 Å². The molecule has 0 bridgehead atoms. The minimum absolute atomic E-state index is 0.0135. The minimum atomic E-state index is -3.91. The van der Waals surface area contributed by atoms with Crippen LogP contribution in [0.5, 0.6) is 5.75 Å². The highest BCUT2D eigenvalue weighted by Crippen LogP contribution is 2.36. The molecule has 1 aliphatic rings. The summed E-state index contributed by atoms with van der Waals surface area (Å²) < 4.78 is 39.5. The molecular formula is C20H22BrNO5S. The monoisotopic (exact) mass is 467 g/mol. The first-order valence-electron chi connectivity index (χ1n) is 8.86. The van der Waals surface area contributed by atoms with Crippen LogP contribution in [0.15, 0.2) is 51.8 Å². The summed E-state index contributed by atoms with van der Waals surface area (Å²) in [5.41, 5.74) is 1.59. The molecule has 0 saturated heterocycles. The highest BCUT2D eigenvalue weighted by atomic mass is 79.9. The molecule has 0 aromatic heterocycles. The van der Waals surface area contributed by atoms with Crippen LogP contribution in [0.4, 0.5) is 0 Å². The number of benzene rings is 2. The average Bonchev–Trinajstić information content (AvgIpc) is 2.67. The molecule has 0 spiro atoms. The zero-order chi connectivity index (χ0) is 20.5. The zero-order valence-corrected chi connectivity index (χ0v) is 18.3. The highest BCUT2D eigenvalue weighted by Gasteiger charge is 2.38. The number of carbonyl (C=O) groups is 1. The Labute approximate surface area is 173 Å². The third-order valence-electron chi connectivity index (χ3n) is 4.54. The fraction of sp³-hybridized carbons (Fsp3) is 0.350. The third kappa shape index (κ3) is 4.09. The normalized spacial score (nSPS) is 17.2. The molecule has 0 fully saturated rings. The van der Waals surface area contributed by atoms with Crippen LogP contribution in [0, 0.1) is 0 Å². The van der Waals surface area contributed by atoms with E-state index in [0.29, 0.717) is 4.47 Å². The van der Waals surface area contributed by atoms with Gasteiger partial charge < -0.3 is 9.47 Å². The van der Waals surface area contributed by atoms with Gasteiger partial charge >= 0.3 is 5.97 Å². The molecule has 1 atom stereocenters. The maximum Gasteiger partial charge on any atom is 0.314 e. The molecule has 0 amide bonds. The van der Waals surface area contributed by atoms with Gasteiger partial charge in [0.1, 0.15) is 10.6 Å². The van der Waals surface area contributed by atoms with Crippen molar-refractivity contribution >= 4 is 31.9 Å². The molecule has 1 heterocycles. The maximum absolute atomic E-state index is 13.5. The van der Waals surface area contributed by atoms with Gasteiger partial charge in [-0.2, -0.15) is 4.31 Å². The molecule has 0 aliphatic carbocycles. The van der Waals surface area contributed by atoms with Gasteiger partial charge in [-0.25, -0.2) is 8.42 Å². The Bertz CT molecular complexity index is 990. The van der Waals surface area contributed by atoms with E-state index in [4.69, 9.17) is 9.47 Å². The van der Waals surface area contributed by atoms with Gasteiger partial charge in [0.2, 0.25) is 10.0 Å². The molecule has 1 aliphatic heterocycles. The molecule has 0 saturated carbocycles. The van der Waals surface area contributed by atoms with Crippen LogP contribution in [-0.2, 0) is 26.1 Å². The van der Waals surface area contributed by atoms with Crippen LogP contribution in [0.3, 0.4) is 0 Å². The van der Waals surface area contributed by atoms with E-state index in [1.807, 2.05) is 38.1 Å². The Balaban J connectivity index is 2.06. The Morgan fingerprint density at radius 2 is 1.93 bits per heavy atom. The molecule has 150 valence electrons. The van der Waals surface area contributed by atoms with E-state index in [1.54, 1.807) is 12.1 Å². The van der Waals surface area contributed by atoms with Crippen molar-refractivity contribution in [1.82, 2.24) is 4.31 Å². The fourth-order valence-corrected chi connectivity index (χ4v) is 5.37. The summed E-state index contributed by atoms with van der Waals surface area (Å²) in [5.74, 6) is -0.849. The molecule has 28 heavy (non-hydrogen) atoms. The van der Waals surface area contributed by atoms with E-state index in [9.17, 15) is 13.2 Å². The van der Waals surface area contributed by atoms with Crippen LogP contribution in [-0.4, -0.2) is 38.5 Å². The van der Waals surface area contributed by atoms with E-state index in [-0.39, 0.29) is 29.8 Å². The number of rotatable bonds is 5. The van der Waals surface area contributed by atoms with Crippen molar-refractivity contribution in [1.29, 1.82) is 0 Å². The van der Waals surface area contributed by atoms with Gasteiger partial charge in [0, 0.05) is 17.6 Å². The molecule has 0 radical (unpaired) electrons. The predicted molar refractivity (Wildman–Crippen MR) is 109 cm³/mol. The molecular weight excluding hydrogens is 446 g/mol. The summed E-state index contributed by atoms with van der Waals surface area (Å²) in [7, 11) is -2.60. The third-order valence-corrected chi connectivity index (χ3v) is 6.86. The van der Waals surface area contributed by atoms with E-state index in [0.717, 1.165) is 11.1 Å². The first-order valence-corrected chi connectivity index (χ1v) is 11.1. The highest BCUT2D eigenvalue weighted by molar-refractivity contribution is 9.10. The average molecular weight is 468 g/mol. The van der Waals surface area contributed by atoms with Gasteiger partial charge in [-0.15, -0.1) is 0 Å². The van der Waals surface area contributed by atoms with Crippen molar-refractivity contribution < 1.29 is 22.7 Å². The topological polar surface area (TPSA) is 72.9 Å². The minimum Gasteiger partial charge on any atom is -0.490 e. The number of hydrogen-bond donors (Lipinski definition) is 0. The summed E-state index contributed by atoms with van der Waals surface area (Å²) in [5, 5.41) is 0. The molecule has 2 aromatic rings. The van der Waals surface area contributed by atoms with Gasteiger partial charge in [0.25, 0.3) is 0 Å². The van der Waals surface area contributed by atoms with E-state index >= 15 is 0 Å². The summed E-state index contributed by atoms with van der Waals surface area (Å²) in [4.78, 5) is 12.4. The van der Waals surface area contributed by atoms with Crippen LogP contribution < -0.4 is 4.74 Å². The van der Waals surface area contributed by atoms with Crippen molar-refractivity contribution in [3.05, 3.63) is 58.1 Å².